The first-order valence-electron chi connectivity index (χ1n) is 4.92. The second-order valence-corrected chi connectivity index (χ2v) is 3.59. The van der Waals surface area contributed by atoms with Gasteiger partial charge in [0.25, 0.3) is 0 Å². The molecule has 1 aromatic heterocycles. The Bertz CT molecular complexity index is 327. The molecule has 0 aliphatic carbocycles. The first kappa shape index (κ1) is 9.40. The Hall–Kier alpha value is -1.16. The molecule has 1 aliphatic heterocycles. The Morgan fingerprint density at radius 2 is 2.50 bits per heavy atom. The summed E-state index contributed by atoms with van der Waals surface area (Å²) in [6.45, 7) is 0.812. The third-order valence-corrected chi connectivity index (χ3v) is 2.57. The van der Waals surface area contributed by atoms with Crippen LogP contribution in [0.2, 0.25) is 0 Å². The minimum Gasteiger partial charge on any atom is -0.372 e. The van der Waals surface area contributed by atoms with Crippen LogP contribution in [0.4, 0.5) is 0 Å². The monoisotopic (exact) mass is 194 g/mol. The largest absolute Gasteiger partial charge is 0.372 e. The molecule has 1 unspecified atom stereocenters. The van der Waals surface area contributed by atoms with Crippen molar-refractivity contribution in [3.63, 3.8) is 0 Å². The van der Waals surface area contributed by atoms with Gasteiger partial charge in [0.2, 0.25) is 0 Å². The number of ether oxygens (including phenoxy) is 1. The molecule has 4 heteroatoms. The van der Waals surface area contributed by atoms with Crippen molar-refractivity contribution in [3.05, 3.63) is 17.5 Å². The minimum atomic E-state index is 0.120. The van der Waals surface area contributed by atoms with Gasteiger partial charge in [-0.2, -0.15) is 5.10 Å². The van der Waals surface area contributed by atoms with E-state index in [1.165, 1.54) is 6.42 Å². The van der Waals surface area contributed by atoms with Gasteiger partial charge in [0.05, 0.1) is 11.8 Å². The van der Waals surface area contributed by atoms with Crippen molar-refractivity contribution in [2.24, 2.45) is 7.05 Å². The van der Waals surface area contributed by atoms with Gasteiger partial charge >= 0.3 is 0 Å². The molecule has 0 amide bonds. The molecule has 0 radical (unpaired) electrons. The zero-order chi connectivity index (χ0) is 9.97. The van der Waals surface area contributed by atoms with Crippen LogP contribution in [0.3, 0.4) is 0 Å². The van der Waals surface area contributed by atoms with E-state index in [0.717, 1.165) is 31.4 Å². The van der Waals surface area contributed by atoms with Gasteiger partial charge in [-0.15, -0.1) is 0 Å². The van der Waals surface area contributed by atoms with Gasteiger partial charge in [-0.1, -0.05) is 0 Å². The summed E-state index contributed by atoms with van der Waals surface area (Å²) in [7, 11) is 1.85. The van der Waals surface area contributed by atoms with E-state index < -0.39 is 0 Å². The molecule has 2 heterocycles. The van der Waals surface area contributed by atoms with Crippen molar-refractivity contribution < 1.29 is 9.53 Å². The zero-order valence-electron chi connectivity index (χ0n) is 8.27. The maximum atomic E-state index is 10.5. The zero-order valence-corrected chi connectivity index (χ0v) is 8.27. The minimum absolute atomic E-state index is 0.120. The van der Waals surface area contributed by atoms with Crippen LogP contribution in [0.25, 0.3) is 0 Å². The van der Waals surface area contributed by atoms with Gasteiger partial charge < -0.3 is 4.74 Å². The molecule has 76 valence electrons. The summed E-state index contributed by atoms with van der Waals surface area (Å²) in [6, 6.07) is 1.81. The number of hydrogen-bond acceptors (Lipinski definition) is 3. The average Bonchev–Trinajstić information content (AvgIpc) is 2.61. The Kier molecular flexibility index (Phi) is 2.63. The SMILES string of the molecule is Cn1nc(C=O)cc1C1CCCCO1. The van der Waals surface area contributed by atoms with Crippen LogP contribution in [-0.2, 0) is 11.8 Å². The molecular formula is C10H14N2O2. The van der Waals surface area contributed by atoms with Crippen molar-refractivity contribution in [1.29, 1.82) is 0 Å². The topological polar surface area (TPSA) is 44.1 Å². The molecule has 1 atom stereocenters. The van der Waals surface area contributed by atoms with Crippen LogP contribution < -0.4 is 0 Å². The number of aldehydes is 1. The average molecular weight is 194 g/mol. The van der Waals surface area contributed by atoms with Gasteiger partial charge in [-0.25, -0.2) is 0 Å². The number of nitrogens with zero attached hydrogens (tertiary/aromatic N) is 2. The first-order valence-corrected chi connectivity index (χ1v) is 4.92. The summed E-state index contributed by atoms with van der Waals surface area (Å²) in [5.74, 6) is 0. The molecule has 1 fully saturated rings. The summed E-state index contributed by atoms with van der Waals surface area (Å²) in [5, 5.41) is 4.07. The second kappa shape index (κ2) is 3.92. The van der Waals surface area contributed by atoms with Crippen molar-refractivity contribution >= 4 is 6.29 Å². The van der Waals surface area contributed by atoms with E-state index in [9.17, 15) is 4.79 Å². The molecule has 0 bridgehead atoms. The standard InChI is InChI=1S/C10H14N2O2/c1-12-9(6-8(7-13)11-12)10-4-2-3-5-14-10/h6-7,10H,2-5H2,1H3. The summed E-state index contributed by atoms with van der Waals surface area (Å²) in [5.41, 5.74) is 1.49. The highest BCUT2D eigenvalue weighted by atomic mass is 16.5. The van der Waals surface area contributed by atoms with E-state index in [0.29, 0.717) is 5.69 Å². The van der Waals surface area contributed by atoms with E-state index in [2.05, 4.69) is 5.10 Å². The highest BCUT2D eigenvalue weighted by Gasteiger charge is 2.19. The number of aromatic nitrogens is 2. The maximum absolute atomic E-state index is 10.5. The Morgan fingerprint density at radius 1 is 1.64 bits per heavy atom. The molecular weight excluding hydrogens is 180 g/mol. The summed E-state index contributed by atoms with van der Waals surface area (Å²) in [4.78, 5) is 10.5. The van der Waals surface area contributed by atoms with Crippen LogP contribution >= 0.6 is 0 Å². The highest BCUT2D eigenvalue weighted by Crippen LogP contribution is 2.27. The van der Waals surface area contributed by atoms with Crippen LogP contribution in [0.5, 0.6) is 0 Å². The molecule has 0 spiro atoms. The molecule has 14 heavy (non-hydrogen) atoms. The Labute approximate surface area is 82.9 Å². The van der Waals surface area contributed by atoms with E-state index >= 15 is 0 Å². The first-order chi connectivity index (χ1) is 6.81. The quantitative estimate of drug-likeness (QED) is 0.670. The summed E-state index contributed by atoms with van der Waals surface area (Å²) < 4.78 is 7.36. The lowest BCUT2D eigenvalue weighted by Crippen LogP contribution is -2.14. The molecule has 0 N–H and O–H groups in total. The van der Waals surface area contributed by atoms with Crippen LogP contribution in [0, 0.1) is 0 Å². The number of carbonyl (C=O) groups is 1. The lowest BCUT2D eigenvalue weighted by atomic mass is 10.1. The number of carbonyl (C=O) groups excluding carboxylic acids is 1. The van der Waals surface area contributed by atoms with E-state index in [-0.39, 0.29) is 6.10 Å². The van der Waals surface area contributed by atoms with E-state index in [1.807, 2.05) is 13.1 Å². The molecule has 4 nitrogen and oxygen atoms in total. The third kappa shape index (κ3) is 1.70. The fourth-order valence-corrected chi connectivity index (χ4v) is 1.84. The van der Waals surface area contributed by atoms with Crippen molar-refractivity contribution in [3.8, 4) is 0 Å². The number of aryl methyl sites for hydroxylation is 1. The number of rotatable bonds is 2. The fourth-order valence-electron chi connectivity index (χ4n) is 1.84. The van der Waals surface area contributed by atoms with Gasteiger partial charge in [0, 0.05) is 13.7 Å². The van der Waals surface area contributed by atoms with Crippen LogP contribution in [0.1, 0.15) is 41.5 Å². The molecule has 2 rings (SSSR count). The normalized spacial score (nSPS) is 22.2. The van der Waals surface area contributed by atoms with Crippen molar-refractivity contribution in [2.75, 3.05) is 6.61 Å². The molecule has 0 saturated carbocycles. The van der Waals surface area contributed by atoms with E-state index in [4.69, 9.17) is 4.74 Å². The predicted octanol–water partition coefficient (Wildman–Crippen LogP) is 1.47. The Morgan fingerprint density at radius 3 is 3.07 bits per heavy atom. The van der Waals surface area contributed by atoms with Gasteiger partial charge in [0.15, 0.2) is 6.29 Å². The fraction of sp³-hybridized carbons (Fsp3) is 0.600. The van der Waals surface area contributed by atoms with Gasteiger partial charge in [0.1, 0.15) is 5.69 Å². The predicted molar refractivity (Wildman–Crippen MR) is 51.1 cm³/mol. The maximum Gasteiger partial charge on any atom is 0.170 e. The lowest BCUT2D eigenvalue weighted by Gasteiger charge is -2.22. The summed E-state index contributed by atoms with van der Waals surface area (Å²) >= 11 is 0. The number of hydrogen-bond donors (Lipinski definition) is 0. The second-order valence-electron chi connectivity index (χ2n) is 3.59. The van der Waals surface area contributed by atoms with Gasteiger partial charge in [-0.3, -0.25) is 9.48 Å². The van der Waals surface area contributed by atoms with Crippen molar-refractivity contribution in [1.82, 2.24) is 9.78 Å². The van der Waals surface area contributed by atoms with Crippen molar-refractivity contribution in [2.45, 2.75) is 25.4 Å². The molecule has 0 aromatic carbocycles. The highest BCUT2D eigenvalue weighted by molar-refractivity contribution is 5.71. The summed E-state index contributed by atoms with van der Waals surface area (Å²) in [6.07, 6.45) is 4.24. The molecule has 1 saturated heterocycles. The van der Waals surface area contributed by atoms with Crippen LogP contribution in [0.15, 0.2) is 6.07 Å². The third-order valence-electron chi connectivity index (χ3n) is 2.57. The molecule has 1 aliphatic rings. The smallest absolute Gasteiger partial charge is 0.170 e. The lowest BCUT2D eigenvalue weighted by molar-refractivity contribution is 0.0101. The van der Waals surface area contributed by atoms with Gasteiger partial charge in [-0.05, 0) is 25.3 Å². The van der Waals surface area contributed by atoms with Crippen LogP contribution in [-0.4, -0.2) is 22.7 Å². The molecule has 1 aromatic rings. The Balaban J connectivity index is 2.20. The van der Waals surface area contributed by atoms with E-state index in [1.54, 1.807) is 4.68 Å².